The molecule has 0 saturated carbocycles. The number of benzene rings is 1. The summed E-state index contributed by atoms with van der Waals surface area (Å²) in [5.41, 5.74) is 1.10. The van der Waals surface area contributed by atoms with Gasteiger partial charge < -0.3 is 5.32 Å². The van der Waals surface area contributed by atoms with Gasteiger partial charge in [0, 0.05) is 29.9 Å². The van der Waals surface area contributed by atoms with Crippen LogP contribution in [0.2, 0.25) is 5.02 Å². The van der Waals surface area contributed by atoms with Crippen LogP contribution in [-0.2, 0) is 4.79 Å². The number of piperidine rings is 1. The molecule has 1 aliphatic heterocycles. The number of rotatable bonds is 1. The van der Waals surface area contributed by atoms with Gasteiger partial charge in [-0.1, -0.05) is 23.7 Å². The van der Waals surface area contributed by atoms with Crippen molar-refractivity contribution in [2.24, 2.45) is 0 Å². The highest BCUT2D eigenvalue weighted by Crippen LogP contribution is 2.25. The van der Waals surface area contributed by atoms with Gasteiger partial charge in [0.2, 0.25) is 0 Å². The van der Waals surface area contributed by atoms with Crippen molar-refractivity contribution in [3.05, 3.63) is 34.9 Å². The fraction of sp³-hybridized carbons (Fsp3) is 0.417. The highest BCUT2D eigenvalue weighted by Gasteiger charge is 2.24. The molecule has 1 aliphatic rings. The zero-order valence-corrected chi connectivity index (χ0v) is 9.42. The molecule has 1 aromatic carbocycles. The lowest BCUT2D eigenvalue weighted by molar-refractivity contribution is -0.121. The number of Topliss-reactive ketones (excluding diaryl/α,β-unsaturated/α-hetero) is 1. The van der Waals surface area contributed by atoms with Crippen molar-refractivity contribution in [3.63, 3.8) is 0 Å². The first-order chi connectivity index (χ1) is 7.15. The molecular formula is C12H14ClNO. The summed E-state index contributed by atoms with van der Waals surface area (Å²) in [6.07, 6.45) is 1.21. The molecule has 2 atom stereocenters. The second-order valence-electron chi connectivity index (χ2n) is 4.12. The Balaban J connectivity index is 2.19. The Morgan fingerprint density at radius 2 is 2.20 bits per heavy atom. The Labute approximate surface area is 94.6 Å². The quantitative estimate of drug-likeness (QED) is 0.793. The van der Waals surface area contributed by atoms with E-state index in [9.17, 15) is 4.79 Å². The summed E-state index contributed by atoms with van der Waals surface area (Å²) < 4.78 is 0. The van der Waals surface area contributed by atoms with Crippen LogP contribution in [0.3, 0.4) is 0 Å². The Hall–Kier alpha value is -0.860. The number of carbonyl (C=O) groups excluding carboxylic acids is 1. The van der Waals surface area contributed by atoms with E-state index in [2.05, 4.69) is 5.32 Å². The monoisotopic (exact) mass is 223 g/mol. The minimum Gasteiger partial charge on any atom is -0.307 e. The molecule has 2 rings (SSSR count). The molecule has 1 aromatic rings. The van der Waals surface area contributed by atoms with Crippen molar-refractivity contribution in [3.8, 4) is 0 Å². The van der Waals surface area contributed by atoms with Gasteiger partial charge in [-0.2, -0.15) is 0 Å². The first-order valence-corrected chi connectivity index (χ1v) is 5.56. The molecule has 3 heteroatoms. The molecule has 1 saturated heterocycles. The normalized spacial score (nSPS) is 26.7. The molecule has 2 nitrogen and oxygen atoms in total. The average molecular weight is 224 g/mol. The summed E-state index contributed by atoms with van der Waals surface area (Å²) in [6, 6.07) is 8.08. The largest absolute Gasteiger partial charge is 0.307 e. The molecule has 80 valence electrons. The van der Waals surface area contributed by atoms with Gasteiger partial charge in [-0.25, -0.2) is 0 Å². The van der Waals surface area contributed by atoms with Crippen molar-refractivity contribution in [2.75, 3.05) is 0 Å². The second kappa shape index (κ2) is 4.33. The molecule has 0 spiro atoms. The van der Waals surface area contributed by atoms with Gasteiger partial charge >= 0.3 is 0 Å². The Bertz CT molecular complexity index is 378. The van der Waals surface area contributed by atoms with Gasteiger partial charge in [0.25, 0.3) is 0 Å². The van der Waals surface area contributed by atoms with Gasteiger partial charge in [-0.05, 0) is 24.6 Å². The van der Waals surface area contributed by atoms with E-state index in [1.807, 2.05) is 31.2 Å². The number of hydrogen-bond donors (Lipinski definition) is 1. The van der Waals surface area contributed by atoms with Crippen LogP contribution < -0.4 is 5.32 Å². The van der Waals surface area contributed by atoms with Crippen LogP contribution in [0.1, 0.15) is 31.4 Å². The maximum Gasteiger partial charge on any atom is 0.136 e. The fourth-order valence-electron chi connectivity index (χ4n) is 2.05. The number of halogens is 1. The number of ketones is 1. The van der Waals surface area contributed by atoms with E-state index in [0.717, 1.165) is 10.6 Å². The molecule has 0 bridgehead atoms. The van der Waals surface area contributed by atoms with E-state index in [-0.39, 0.29) is 12.1 Å². The van der Waals surface area contributed by atoms with E-state index < -0.39 is 0 Å². The predicted molar refractivity (Wildman–Crippen MR) is 61.0 cm³/mol. The summed E-state index contributed by atoms with van der Waals surface area (Å²) in [4.78, 5) is 11.5. The van der Waals surface area contributed by atoms with Crippen LogP contribution in [0.15, 0.2) is 24.3 Å². The number of nitrogens with one attached hydrogen (secondary N) is 1. The molecule has 0 radical (unpaired) electrons. The van der Waals surface area contributed by atoms with Crippen LogP contribution in [0.4, 0.5) is 0 Å². The van der Waals surface area contributed by atoms with E-state index in [4.69, 9.17) is 11.6 Å². The van der Waals surface area contributed by atoms with Gasteiger partial charge in [0.05, 0.1) is 0 Å². The topological polar surface area (TPSA) is 29.1 Å². The van der Waals surface area contributed by atoms with E-state index in [1.165, 1.54) is 0 Å². The second-order valence-corrected chi connectivity index (χ2v) is 4.56. The average Bonchev–Trinajstić information content (AvgIpc) is 2.16. The molecule has 15 heavy (non-hydrogen) atoms. The summed E-state index contributed by atoms with van der Waals surface area (Å²) in [7, 11) is 0. The van der Waals surface area contributed by atoms with Gasteiger partial charge in [0.15, 0.2) is 0 Å². The molecule has 0 aliphatic carbocycles. The Morgan fingerprint density at radius 3 is 2.87 bits per heavy atom. The summed E-state index contributed by atoms with van der Waals surface area (Å²) in [6.45, 7) is 2.04. The first kappa shape index (κ1) is 10.7. The number of carbonyl (C=O) groups is 1. The summed E-state index contributed by atoms with van der Waals surface area (Å²) >= 11 is 5.92. The van der Waals surface area contributed by atoms with Crippen LogP contribution in [-0.4, -0.2) is 11.8 Å². The third kappa shape index (κ3) is 2.58. The third-order valence-electron chi connectivity index (χ3n) is 2.70. The molecule has 1 N–H and O–H groups in total. The van der Waals surface area contributed by atoms with E-state index in [0.29, 0.717) is 18.6 Å². The fourth-order valence-corrected chi connectivity index (χ4v) is 2.25. The predicted octanol–water partition coefficient (Wildman–Crippen LogP) is 2.72. The number of hydrogen-bond acceptors (Lipinski definition) is 2. The molecule has 0 amide bonds. The van der Waals surface area contributed by atoms with Crippen molar-refractivity contribution < 1.29 is 4.79 Å². The van der Waals surface area contributed by atoms with Gasteiger partial charge in [0.1, 0.15) is 5.78 Å². The van der Waals surface area contributed by atoms with Crippen LogP contribution in [0, 0.1) is 0 Å². The van der Waals surface area contributed by atoms with E-state index >= 15 is 0 Å². The zero-order chi connectivity index (χ0) is 10.8. The highest BCUT2D eigenvalue weighted by atomic mass is 35.5. The molecule has 1 fully saturated rings. The Kier molecular flexibility index (Phi) is 3.08. The molecule has 1 unspecified atom stereocenters. The smallest absolute Gasteiger partial charge is 0.136 e. The minimum absolute atomic E-state index is 0.125. The third-order valence-corrected chi connectivity index (χ3v) is 2.94. The van der Waals surface area contributed by atoms with E-state index in [1.54, 1.807) is 0 Å². The molecule has 0 aromatic heterocycles. The highest BCUT2D eigenvalue weighted by molar-refractivity contribution is 6.30. The first-order valence-electron chi connectivity index (χ1n) is 5.18. The van der Waals surface area contributed by atoms with Crippen molar-refractivity contribution in [1.82, 2.24) is 5.32 Å². The summed E-state index contributed by atoms with van der Waals surface area (Å²) in [5.74, 6) is 0.325. The zero-order valence-electron chi connectivity index (χ0n) is 8.66. The van der Waals surface area contributed by atoms with Crippen molar-refractivity contribution in [2.45, 2.75) is 31.8 Å². The summed E-state index contributed by atoms with van der Waals surface area (Å²) in [5, 5.41) is 4.13. The van der Waals surface area contributed by atoms with Crippen LogP contribution in [0.5, 0.6) is 0 Å². The van der Waals surface area contributed by atoms with Gasteiger partial charge in [-0.15, -0.1) is 0 Å². The lowest BCUT2D eigenvalue weighted by Gasteiger charge is -2.28. The lowest BCUT2D eigenvalue weighted by Crippen LogP contribution is -2.38. The van der Waals surface area contributed by atoms with Crippen molar-refractivity contribution in [1.29, 1.82) is 0 Å². The maximum atomic E-state index is 11.5. The molecule has 1 heterocycles. The SMILES string of the molecule is C[C@@H]1CC(=O)CC(c2cccc(Cl)c2)N1. The molecular weight excluding hydrogens is 210 g/mol. The lowest BCUT2D eigenvalue weighted by atomic mass is 9.93. The van der Waals surface area contributed by atoms with Crippen molar-refractivity contribution >= 4 is 17.4 Å². The van der Waals surface area contributed by atoms with Gasteiger partial charge in [-0.3, -0.25) is 4.79 Å². The van der Waals surface area contributed by atoms with Crippen LogP contribution in [0.25, 0.3) is 0 Å². The maximum absolute atomic E-state index is 11.5. The minimum atomic E-state index is 0.125. The standard InChI is InChI=1S/C12H14ClNO/c1-8-5-11(15)7-12(14-8)9-3-2-4-10(13)6-9/h2-4,6,8,12,14H,5,7H2,1H3/t8-,12?/m1/s1. The Morgan fingerprint density at radius 1 is 1.40 bits per heavy atom. The van der Waals surface area contributed by atoms with Crippen LogP contribution >= 0.6 is 11.6 Å².